The summed E-state index contributed by atoms with van der Waals surface area (Å²) in [7, 11) is 0. The number of carbonyl (C=O) groups excluding carboxylic acids is 1. The lowest BCUT2D eigenvalue weighted by Gasteiger charge is -2.24. The predicted octanol–water partition coefficient (Wildman–Crippen LogP) is 3.75. The normalized spacial score (nSPS) is 21.5. The van der Waals surface area contributed by atoms with E-state index in [0.717, 1.165) is 16.8 Å². The first-order valence-corrected chi connectivity index (χ1v) is 7.22. The van der Waals surface area contributed by atoms with Crippen molar-refractivity contribution in [2.75, 3.05) is 11.9 Å². The van der Waals surface area contributed by atoms with Gasteiger partial charge in [-0.25, -0.2) is 0 Å². The van der Waals surface area contributed by atoms with Crippen LogP contribution in [0.25, 0.3) is 6.08 Å². The standard InChI is InChI=1S/C19H15NO2/c1-2-13-6-5-7-14(10-13)18(21)16-11-20-17-9-4-3-8-15(17)19(16)12-22-19/h2-11,20H,1,12H2. The van der Waals surface area contributed by atoms with Crippen LogP contribution in [-0.4, -0.2) is 12.4 Å². The zero-order valence-corrected chi connectivity index (χ0v) is 12.0. The highest BCUT2D eigenvalue weighted by atomic mass is 16.6. The van der Waals surface area contributed by atoms with Crippen LogP contribution in [0.1, 0.15) is 21.5 Å². The van der Waals surface area contributed by atoms with E-state index in [2.05, 4.69) is 11.9 Å². The van der Waals surface area contributed by atoms with E-state index in [1.807, 2.05) is 48.5 Å². The van der Waals surface area contributed by atoms with Crippen LogP contribution in [0.15, 0.2) is 66.9 Å². The minimum Gasteiger partial charge on any atom is -0.361 e. The van der Waals surface area contributed by atoms with E-state index in [1.54, 1.807) is 12.3 Å². The van der Waals surface area contributed by atoms with E-state index in [1.165, 1.54) is 0 Å². The Bertz CT molecular complexity index is 816. The molecule has 1 atom stereocenters. The minimum absolute atomic E-state index is 0.0109. The highest BCUT2D eigenvalue weighted by Crippen LogP contribution is 2.51. The average molecular weight is 289 g/mol. The van der Waals surface area contributed by atoms with Crippen LogP contribution < -0.4 is 5.32 Å². The zero-order chi connectivity index (χ0) is 15.2. The van der Waals surface area contributed by atoms with Crippen LogP contribution >= 0.6 is 0 Å². The van der Waals surface area contributed by atoms with Gasteiger partial charge in [-0.2, -0.15) is 0 Å². The van der Waals surface area contributed by atoms with Crippen LogP contribution in [0.4, 0.5) is 5.69 Å². The molecule has 2 aromatic carbocycles. The van der Waals surface area contributed by atoms with Crippen molar-refractivity contribution < 1.29 is 9.53 Å². The van der Waals surface area contributed by atoms with Crippen molar-refractivity contribution >= 4 is 17.5 Å². The number of ether oxygens (including phenoxy) is 1. The van der Waals surface area contributed by atoms with Gasteiger partial charge in [-0.05, 0) is 17.7 Å². The molecular formula is C19H15NO2. The van der Waals surface area contributed by atoms with Crippen molar-refractivity contribution in [3.63, 3.8) is 0 Å². The molecule has 0 saturated carbocycles. The van der Waals surface area contributed by atoms with E-state index < -0.39 is 5.60 Å². The monoisotopic (exact) mass is 289 g/mol. The summed E-state index contributed by atoms with van der Waals surface area (Å²) in [6.07, 6.45) is 3.52. The number of hydrogen-bond acceptors (Lipinski definition) is 3. The molecule has 0 aliphatic carbocycles. The molecule has 0 radical (unpaired) electrons. The molecular weight excluding hydrogens is 274 g/mol. The summed E-state index contributed by atoms with van der Waals surface area (Å²) in [6.45, 7) is 4.30. The first kappa shape index (κ1) is 13.0. The van der Waals surface area contributed by atoms with E-state index in [0.29, 0.717) is 17.7 Å². The molecule has 0 aromatic heterocycles. The van der Waals surface area contributed by atoms with Gasteiger partial charge in [0.2, 0.25) is 0 Å². The van der Waals surface area contributed by atoms with Gasteiger partial charge >= 0.3 is 0 Å². The van der Waals surface area contributed by atoms with Crippen molar-refractivity contribution in [3.8, 4) is 0 Å². The van der Waals surface area contributed by atoms with E-state index in [-0.39, 0.29) is 5.78 Å². The number of carbonyl (C=O) groups is 1. The highest BCUT2D eigenvalue weighted by molar-refractivity contribution is 6.11. The van der Waals surface area contributed by atoms with Crippen molar-refractivity contribution in [1.82, 2.24) is 0 Å². The number of fused-ring (bicyclic) bond motifs is 2. The Hall–Kier alpha value is -2.65. The molecule has 4 rings (SSSR count). The summed E-state index contributed by atoms with van der Waals surface area (Å²) in [4.78, 5) is 12.9. The number of nitrogens with one attached hydrogen (secondary N) is 1. The summed E-state index contributed by atoms with van der Waals surface area (Å²) in [6, 6.07) is 15.4. The maximum atomic E-state index is 12.9. The molecule has 1 fully saturated rings. The lowest BCUT2D eigenvalue weighted by molar-refractivity contribution is 0.101. The molecule has 2 aromatic rings. The number of ketones is 1. The molecule has 3 heteroatoms. The van der Waals surface area contributed by atoms with Crippen molar-refractivity contribution in [2.45, 2.75) is 5.60 Å². The summed E-state index contributed by atoms with van der Waals surface area (Å²) in [5.41, 5.74) is 3.69. The SMILES string of the molecule is C=Cc1cccc(C(=O)C2=CNc3ccccc3C23CO3)c1. The lowest BCUT2D eigenvalue weighted by atomic mass is 9.84. The van der Waals surface area contributed by atoms with E-state index in [4.69, 9.17) is 4.74 Å². The van der Waals surface area contributed by atoms with Crippen molar-refractivity contribution in [1.29, 1.82) is 0 Å². The van der Waals surface area contributed by atoms with Crippen LogP contribution in [0, 0.1) is 0 Å². The number of rotatable bonds is 3. The van der Waals surface area contributed by atoms with Crippen LogP contribution in [0.2, 0.25) is 0 Å². The smallest absolute Gasteiger partial charge is 0.193 e. The Morgan fingerprint density at radius 1 is 1.23 bits per heavy atom. The van der Waals surface area contributed by atoms with Gasteiger partial charge in [0.15, 0.2) is 5.78 Å². The number of epoxide rings is 1. The van der Waals surface area contributed by atoms with E-state index in [9.17, 15) is 4.79 Å². The molecule has 108 valence electrons. The first-order valence-electron chi connectivity index (χ1n) is 7.22. The molecule has 22 heavy (non-hydrogen) atoms. The van der Waals surface area contributed by atoms with Gasteiger partial charge in [0, 0.05) is 23.0 Å². The fourth-order valence-electron chi connectivity index (χ4n) is 2.97. The molecule has 3 nitrogen and oxygen atoms in total. The summed E-state index contributed by atoms with van der Waals surface area (Å²) in [5, 5.41) is 3.20. The Morgan fingerprint density at radius 2 is 2.05 bits per heavy atom. The number of anilines is 1. The maximum Gasteiger partial charge on any atom is 0.193 e. The first-order chi connectivity index (χ1) is 10.7. The number of benzene rings is 2. The topological polar surface area (TPSA) is 41.6 Å². The molecule has 2 aliphatic heterocycles. The third-order valence-corrected chi connectivity index (χ3v) is 4.23. The van der Waals surface area contributed by atoms with Gasteiger partial charge in [-0.15, -0.1) is 0 Å². The van der Waals surface area contributed by atoms with Gasteiger partial charge in [0.05, 0.1) is 12.2 Å². The Labute approximate surface area is 128 Å². The summed E-state index contributed by atoms with van der Waals surface area (Å²) >= 11 is 0. The second-order valence-corrected chi connectivity index (χ2v) is 5.52. The third-order valence-electron chi connectivity index (χ3n) is 4.23. The third kappa shape index (κ3) is 1.83. The Morgan fingerprint density at radius 3 is 2.82 bits per heavy atom. The predicted molar refractivity (Wildman–Crippen MR) is 86.6 cm³/mol. The van der Waals surface area contributed by atoms with Crippen molar-refractivity contribution in [3.05, 3.63) is 83.6 Å². The van der Waals surface area contributed by atoms with E-state index >= 15 is 0 Å². The van der Waals surface area contributed by atoms with Gasteiger partial charge in [-0.3, -0.25) is 4.79 Å². The highest BCUT2D eigenvalue weighted by Gasteiger charge is 2.54. The quantitative estimate of drug-likeness (QED) is 0.691. The zero-order valence-electron chi connectivity index (χ0n) is 12.0. The molecule has 2 aliphatic rings. The fourth-order valence-corrected chi connectivity index (χ4v) is 2.97. The Kier molecular flexibility index (Phi) is 2.78. The van der Waals surface area contributed by atoms with Crippen LogP contribution in [-0.2, 0) is 10.3 Å². The van der Waals surface area contributed by atoms with Crippen LogP contribution in [0.5, 0.6) is 0 Å². The molecule has 2 heterocycles. The second kappa shape index (κ2) is 4.68. The summed E-state index contributed by atoms with van der Waals surface area (Å²) < 4.78 is 5.73. The number of Topliss-reactive ketones (excluding diaryl/α,β-unsaturated/α-hetero) is 1. The lowest BCUT2D eigenvalue weighted by Crippen LogP contribution is -2.25. The largest absolute Gasteiger partial charge is 0.361 e. The van der Waals surface area contributed by atoms with Gasteiger partial charge < -0.3 is 10.1 Å². The Balaban J connectivity index is 1.76. The van der Waals surface area contributed by atoms with Crippen molar-refractivity contribution in [2.24, 2.45) is 0 Å². The molecule has 0 amide bonds. The summed E-state index contributed by atoms with van der Waals surface area (Å²) in [5.74, 6) is -0.0109. The minimum atomic E-state index is -0.580. The molecule has 1 unspecified atom stereocenters. The number of para-hydroxylation sites is 1. The van der Waals surface area contributed by atoms with Gasteiger partial charge in [0.1, 0.15) is 5.60 Å². The maximum absolute atomic E-state index is 12.9. The second-order valence-electron chi connectivity index (χ2n) is 5.52. The van der Waals surface area contributed by atoms with Crippen LogP contribution in [0.3, 0.4) is 0 Å². The van der Waals surface area contributed by atoms with Gasteiger partial charge in [0.25, 0.3) is 0 Å². The number of hydrogen-bond donors (Lipinski definition) is 1. The van der Waals surface area contributed by atoms with Gasteiger partial charge in [-0.1, -0.05) is 49.1 Å². The molecule has 1 saturated heterocycles. The average Bonchev–Trinajstić information content (AvgIpc) is 3.36. The molecule has 0 bridgehead atoms. The molecule has 1 N–H and O–H groups in total. The fraction of sp³-hybridized carbons (Fsp3) is 0.105. The molecule has 1 spiro atoms.